The summed E-state index contributed by atoms with van der Waals surface area (Å²) >= 11 is 0. The van der Waals surface area contributed by atoms with Crippen LogP contribution in [0.1, 0.15) is 49.1 Å². The molecule has 0 aliphatic carbocycles. The quantitative estimate of drug-likeness (QED) is 0.0866. The molecule has 4 aromatic carbocycles. The Morgan fingerprint density at radius 2 is 1.14 bits per heavy atom. The van der Waals surface area contributed by atoms with Crippen molar-refractivity contribution >= 4 is 37.3 Å². The van der Waals surface area contributed by atoms with Gasteiger partial charge in [0.25, 0.3) is 21.8 Å². The van der Waals surface area contributed by atoms with Gasteiger partial charge in [0.2, 0.25) is 27.7 Å². The largest absolute Gasteiger partial charge is 0.415 e. The smallest absolute Gasteiger partial charge is 0.314 e. The molecule has 3 heterocycles. The standard InChI is InChI=1S/C25H29F2N5O4S.C18H15F2N3O3S/c1-19(33)31-13-5-12-30(14-15-31)16-17-37(34,35)32(22-6-3-2-4-7-22)18-20-8-10-21(11-9-20)24-28-29-25(36-24)23(26)27;1-2-27(24,25)23(15-6-4-3-5-7-15)12-13-8-10-14(11-9-13)17-21-22-18(26-17)16(19)20/h2-4,6-11,23H,5,12-18H2,1H3;2-11,16H,1,12H2. The first-order valence-corrected chi connectivity index (χ1v) is 22.9. The van der Waals surface area contributed by atoms with Crippen molar-refractivity contribution in [3.63, 3.8) is 0 Å². The van der Waals surface area contributed by atoms with Gasteiger partial charge in [-0.3, -0.25) is 13.4 Å². The van der Waals surface area contributed by atoms with Crippen LogP contribution in [0.3, 0.4) is 0 Å². The lowest BCUT2D eigenvalue weighted by atomic mass is 10.1. The summed E-state index contributed by atoms with van der Waals surface area (Å²) in [6.45, 7) is 8.08. The Bertz CT molecular complexity index is 2670. The normalized spacial score (nSPS) is 13.6. The van der Waals surface area contributed by atoms with E-state index >= 15 is 0 Å². The predicted molar refractivity (Wildman–Crippen MR) is 231 cm³/mol. The number of aromatic nitrogens is 4. The van der Waals surface area contributed by atoms with Crippen LogP contribution in [0.2, 0.25) is 0 Å². The maximum absolute atomic E-state index is 13.5. The molecule has 64 heavy (non-hydrogen) atoms. The Kier molecular flexibility index (Phi) is 15.6. The highest BCUT2D eigenvalue weighted by Crippen LogP contribution is 2.28. The second-order valence-electron chi connectivity index (χ2n) is 14.3. The topological polar surface area (TPSA) is 176 Å². The average molecular weight is 925 g/mol. The lowest BCUT2D eigenvalue weighted by Gasteiger charge is -2.27. The summed E-state index contributed by atoms with van der Waals surface area (Å²) in [5.74, 6) is -1.60. The van der Waals surface area contributed by atoms with Crippen molar-refractivity contribution in [3.8, 4) is 22.9 Å². The number of amides is 1. The fourth-order valence-corrected chi connectivity index (χ4v) is 8.96. The van der Waals surface area contributed by atoms with Crippen LogP contribution < -0.4 is 8.61 Å². The number of carbonyl (C=O) groups excluding carboxylic acids is 1. The Morgan fingerprint density at radius 1 is 0.672 bits per heavy atom. The van der Waals surface area contributed by atoms with Gasteiger partial charge < -0.3 is 18.6 Å². The van der Waals surface area contributed by atoms with Crippen LogP contribution in [0.4, 0.5) is 28.9 Å². The van der Waals surface area contributed by atoms with Crippen LogP contribution in [0.25, 0.3) is 22.9 Å². The molecule has 0 radical (unpaired) electrons. The molecular weight excluding hydrogens is 881 g/mol. The van der Waals surface area contributed by atoms with Crippen molar-refractivity contribution in [1.29, 1.82) is 0 Å². The molecule has 0 spiro atoms. The van der Waals surface area contributed by atoms with Gasteiger partial charge in [0, 0.05) is 49.6 Å². The third-order valence-corrected chi connectivity index (χ3v) is 13.0. The summed E-state index contributed by atoms with van der Waals surface area (Å²) in [6, 6.07) is 30.7. The minimum absolute atomic E-state index is 0.0318. The van der Waals surface area contributed by atoms with E-state index in [1.807, 2.05) is 6.07 Å². The van der Waals surface area contributed by atoms with Crippen LogP contribution in [0, 0.1) is 0 Å². The summed E-state index contributed by atoms with van der Waals surface area (Å²) in [4.78, 5) is 15.6. The monoisotopic (exact) mass is 924 g/mol. The molecular formula is C43H44F4N8O7S2. The van der Waals surface area contributed by atoms with Crippen molar-refractivity contribution in [2.24, 2.45) is 0 Å². The molecule has 1 aliphatic rings. The number of hydrogen-bond acceptors (Lipinski definition) is 12. The molecule has 0 N–H and O–H groups in total. The van der Waals surface area contributed by atoms with Crippen molar-refractivity contribution in [2.75, 3.05) is 47.1 Å². The summed E-state index contributed by atoms with van der Waals surface area (Å²) in [5, 5.41) is 14.7. The van der Waals surface area contributed by atoms with Gasteiger partial charge in [-0.05, 0) is 72.6 Å². The molecule has 15 nitrogen and oxygen atoms in total. The maximum atomic E-state index is 13.5. The predicted octanol–water partition coefficient (Wildman–Crippen LogP) is 7.72. The van der Waals surface area contributed by atoms with Gasteiger partial charge in [-0.2, -0.15) is 17.6 Å². The van der Waals surface area contributed by atoms with E-state index in [1.54, 1.807) is 115 Å². The number of para-hydroxylation sites is 2. The van der Waals surface area contributed by atoms with Gasteiger partial charge in [-0.15, -0.1) is 20.4 Å². The maximum Gasteiger partial charge on any atom is 0.314 e. The Morgan fingerprint density at radius 3 is 1.58 bits per heavy atom. The van der Waals surface area contributed by atoms with Crippen molar-refractivity contribution in [3.05, 3.63) is 144 Å². The number of sulfonamides is 2. The number of nitrogens with zero attached hydrogens (tertiary/aromatic N) is 8. The summed E-state index contributed by atoms with van der Waals surface area (Å²) in [5.41, 5.74) is 3.34. The summed E-state index contributed by atoms with van der Waals surface area (Å²) < 4.78 is 115. The minimum atomic E-state index is -3.71. The Labute approximate surface area is 367 Å². The Hall–Kier alpha value is -6.45. The van der Waals surface area contributed by atoms with Crippen LogP contribution >= 0.6 is 0 Å². The molecule has 0 unspecified atom stereocenters. The fourth-order valence-electron chi connectivity index (χ4n) is 6.54. The fraction of sp³-hybridized carbons (Fsp3) is 0.279. The summed E-state index contributed by atoms with van der Waals surface area (Å²) in [6.07, 6.45) is -4.89. The van der Waals surface area contributed by atoms with E-state index in [0.717, 1.165) is 18.4 Å². The van der Waals surface area contributed by atoms with Gasteiger partial charge in [-0.25, -0.2) is 16.8 Å². The van der Waals surface area contributed by atoms with E-state index in [4.69, 9.17) is 8.83 Å². The SMILES string of the molecule is C=CS(=O)(=O)N(Cc1ccc(-c2nnc(C(F)F)o2)cc1)c1ccccc1.CC(=O)N1CCCN(CCS(=O)(=O)N(Cc2ccc(-c3nnc(C(F)F)o3)cc2)c2ccccc2)CC1. The van der Waals surface area contributed by atoms with Crippen molar-refractivity contribution in [2.45, 2.75) is 39.3 Å². The van der Waals surface area contributed by atoms with E-state index in [2.05, 4.69) is 31.9 Å². The highest BCUT2D eigenvalue weighted by molar-refractivity contribution is 7.95. The number of anilines is 2. The van der Waals surface area contributed by atoms with Crippen LogP contribution in [0.15, 0.2) is 130 Å². The third kappa shape index (κ3) is 12.4. The van der Waals surface area contributed by atoms with Gasteiger partial charge in [0.1, 0.15) is 0 Å². The number of alkyl halides is 4. The molecule has 7 rings (SSSR count). The van der Waals surface area contributed by atoms with E-state index in [0.29, 0.717) is 59.8 Å². The second-order valence-corrected chi connectivity index (χ2v) is 18.1. The number of halogens is 4. The van der Waals surface area contributed by atoms with Crippen LogP contribution in [-0.4, -0.2) is 91.4 Å². The molecule has 0 atom stereocenters. The van der Waals surface area contributed by atoms with Gasteiger partial charge in [0.05, 0.1) is 30.2 Å². The van der Waals surface area contributed by atoms with E-state index in [9.17, 15) is 39.2 Å². The molecule has 2 aromatic heterocycles. The molecule has 1 saturated heterocycles. The average Bonchev–Trinajstić information content (AvgIpc) is 3.95. The highest BCUT2D eigenvalue weighted by atomic mass is 32.2. The zero-order chi connectivity index (χ0) is 45.9. The second kappa shape index (κ2) is 21.3. The molecule has 1 amide bonds. The highest BCUT2D eigenvalue weighted by Gasteiger charge is 2.26. The first-order chi connectivity index (χ1) is 30.6. The minimum Gasteiger partial charge on any atom is -0.415 e. The zero-order valence-corrected chi connectivity index (χ0v) is 36.1. The molecule has 21 heteroatoms. The molecule has 1 aliphatic heterocycles. The zero-order valence-electron chi connectivity index (χ0n) is 34.5. The molecule has 0 saturated carbocycles. The van der Waals surface area contributed by atoms with E-state index in [1.165, 1.54) is 8.61 Å². The van der Waals surface area contributed by atoms with E-state index < -0.39 is 44.7 Å². The van der Waals surface area contributed by atoms with Crippen molar-refractivity contribution < 1.29 is 48.0 Å². The lowest BCUT2D eigenvalue weighted by molar-refractivity contribution is -0.128. The lowest BCUT2D eigenvalue weighted by Crippen LogP contribution is -2.39. The number of hydrogen-bond donors (Lipinski definition) is 0. The van der Waals surface area contributed by atoms with Crippen LogP contribution in [0.5, 0.6) is 0 Å². The molecule has 338 valence electrons. The summed E-state index contributed by atoms with van der Waals surface area (Å²) in [7, 11) is -7.40. The number of rotatable bonds is 16. The first-order valence-electron chi connectivity index (χ1n) is 19.8. The van der Waals surface area contributed by atoms with E-state index in [-0.39, 0.29) is 36.5 Å². The molecule has 6 aromatic rings. The Balaban J connectivity index is 0.000000223. The van der Waals surface area contributed by atoms with Gasteiger partial charge in [-0.1, -0.05) is 67.2 Å². The van der Waals surface area contributed by atoms with Gasteiger partial charge in [0.15, 0.2) is 0 Å². The van der Waals surface area contributed by atoms with Gasteiger partial charge >= 0.3 is 12.9 Å². The van der Waals surface area contributed by atoms with Crippen molar-refractivity contribution in [1.82, 2.24) is 30.2 Å². The molecule has 1 fully saturated rings. The first kappa shape index (κ1) is 47.0. The third-order valence-electron chi connectivity index (χ3n) is 9.95. The number of carbonyl (C=O) groups is 1. The van der Waals surface area contributed by atoms with Crippen LogP contribution in [-0.2, 0) is 37.9 Å². The molecule has 0 bridgehead atoms. The number of benzene rings is 4.